The first-order chi connectivity index (χ1) is 19.6. The number of aromatic nitrogens is 2. The molecule has 0 spiro atoms. The molecule has 4 aromatic rings. The number of benzene rings is 3. The monoisotopic (exact) mass is 553 g/mol. The van der Waals surface area contributed by atoms with Crippen molar-refractivity contribution in [2.75, 3.05) is 40.6 Å². The van der Waals surface area contributed by atoms with Gasteiger partial charge in [0.05, 0.1) is 13.5 Å². The van der Waals surface area contributed by atoms with Gasteiger partial charge in [-0.1, -0.05) is 36.4 Å². The number of rotatable bonds is 10. The predicted molar refractivity (Wildman–Crippen MR) is 155 cm³/mol. The number of ether oxygens (including phenoxy) is 1. The van der Waals surface area contributed by atoms with Gasteiger partial charge >= 0.3 is 0 Å². The summed E-state index contributed by atoms with van der Waals surface area (Å²) in [5, 5.41) is 5.09. The van der Waals surface area contributed by atoms with Crippen molar-refractivity contribution in [2.45, 2.75) is 12.5 Å². The van der Waals surface area contributed by atoms with Crippen LogP contribution in [0.25, 0.3) is 10.8 Å². The second kappa shape index (κ2) is 12.4. The summed E-state index contributed by atoms with van der Waals surface area (Å²) in [5.74, 6) is -1.54. The minimum Gasteiger partial charge on any atom is -0.481 e. The van der Waals surface area contributed by atoms with Crippen LogP contribution in [0.2, 0.25) is 0 Å². The second-order valence-electron chi connectivity index (χ2n) is 9.87. The molecule has 4 rings (SSSR count). The summed E-state index contributed by atoms with van der Waals surface area (Å²) in [6, 6.07) is 18.5. The lowest BCUT2D eigenvalue weighted by molar-refractivity contribution is -0.119. The van der Waals surface area contributed by atoms with E-state index in [0.717, 1.165) is 10.8 Å². The van der Waals surface area contributed by atoms with Gasteiger partial charge in [0, 0.05) is 57.3 Å². The van der Waals surface area contributed by atoms with Crippen LogP contribution in [0.5, 0.6) is 5.88 Å². The lowest BCUT2D eigenvalue weighted by Gasteiger charge is -2.22. The Labute approximate surface area is 238 Å². The van der Waals surface area contributed by atoms with Crippen molar-refractivity contribution in [3.8, 4) is 5.88 Å². The minimum atomic E-state index is -0.985. The third-order valence-electron chi connectivity index (χ3n) is 6.40. The first-order valence-electron chi connectivity index (χ1n) is 12.8. The summed E-state index contributed by atoms with van der Waals surface area (Å²) >= 11 is 0. The van der Waals surface area contributed by atoms with Crippen LogP contribution >= 0.6 is 0 Å². The summed E-state index contributed by atoms with van der Waals surface area (Å²) < 4.78 is 5.08. The number of ketones is 2. The zero-order valence-electron chi connectivity index (χ0n) is 23.5. The van der Waals surface area contributed by atoms with E-state index in [4.69, 9.17) is 4.74 Å². The maximum atomic E-state index is 13.8. The summed E-state index contributed by atoms with van der Waals surface area (Å²) in [7, 11) is 7.88. The Balaban J connectivity index is 1.76. The highest BCUT2D eigenvalue weighted by Crippen LogP contribution is 2.28. The molecule has 1 heterocycles. The van der Waals surface area contributed by atoms with Crippen LogP contribution in [0, 0.1) is 0 Å². The van der Waals surface area contributed by atoms with Crippen LogP contribution < -0.4 is 10.1 Å². The predicted octanol–water partition coefficient (Wildman–Crippen LogP) is 4.04. The van der Waals surface area contributed by atoms with Crippen LogP contribution in [-0.4, -0.2) is 78.4 Å². The Kier molecular flexibility index (Phi) is 8.72. The van der Waals surface area contributed by atoms with Crippen molar-refractivity contribution in [1.82, 2.24) is 19.8 Å². The largest absolute Gasteiger partial charge is 0.481 e. The van der Waals surface area contributed by atoms with Crippen molar-refractivity contribution >= 4 is 39.8 Å². The van der Waals surface area contributed by atoms with E-state index in [-0.39, 0.29) is 34.6 Å². The molecule has 0 aliphatic heterocycles. The molecule has 0 saturated carbocycles. The number of carbonyl (C=O) groups is 4. The molecule has 10 heteroatoms. The Bertz CT molecular complexity index is 1590. The third kappa shape index (κ3) is 6.73. The molecule has 2 amide bonds. The lowest BCUT2D eigenvalue weighted by Crippen LogP contribution is -2.26. The summed E-state index contributed by atoms with van der Waals surface area (Å²) in [6.45, 7) is 0. The van der Waals surface area contributed by atoms with Gasteiger partial charge in [-0.05, 0) is 40.6 Å². The fourth-order valence-corrected chi connectivity index (χ4v) is 4.31. The number of hydrogen-bond acceptors (Lipinski definition) is 8. The third-order valence-corrected chi connectivity index (χ3v) is 6.40. The first-order valence-corrected chi connectivity index (χ1v) is 12.8. The van der Waals surface area contributed by atoms with Crippen LogP contribution in [0.15, 0.2) is 72.9 Å². The Morgan fingerprint density at radius 3 is 2.07 bits per heavy atom. The highest BCUT2D eigenvalue weighted by Gasteiger charge is 2.26. The summed E-state index contributed by atoms with van der Waals surface area (Å²) in [5.41, 5.74) is 1.53. The van der Waals surface area contributed by atoms with Gasteiger partial charge in [-0.2, -0.15) is 4.98 Å². The van der Waals surface area contributed by atoms with E-state index in [9.17, 15) is 19.2 Å². The second-order valence-corrected chi connectivity index (χ2v) is 9.87. The standard InChI is InChI=1S/C31H31N5O5/c1-35(2)30(39)22-15-23(31(40)36(3)4)17-24(16-22)33-28(21-11-10-19-8-6-7-9-20(19)14-21)25(37)18-26(38)29-32-13-12-27(34-29)41-5/h6-17,28,33H,18H2,1-5H3. The molecule has 10 nitrogen and oxygen atoms in total. The van der Waals surface area contributed by atoms with Crippen molar-refractivity contribution in [1.29, 1.82) is 0 Å². The Morgan fingerprint density at radius 2 is 1.46 bits per heavy atom. The average Bonchev–Trinajstić information content (AvgIpc) is 2.98. The summed E-state index contributed by atoms with van der Waals surface area (Å²) in [6.07, 6.45) is 0.899. The molecule has 0 radical (unpaired) electrons. The molecule has 0 bridgehead atoms. The number of nitrogens with zero attached hydrogens (tertiary/aromatic N) is 4. The molecular weight excluding hydrogens is 522 g/mol. The van der Waals surface area contributed by atoms with Gasteiger partial charge < -0.3 is 19.9 Å². The van der Waals surface area contributed by atoms with Crippen LogP contribution in [-0.2, 0) is 4.79 Å². The number of hydrogen-bond donors (Lipinski definition) is 1. The molecular formula is C31H31N5O5. The van der Waals surface area contributed by atoms with Crippen LogP contribution in [0.3, 0.4) is 0 Å². The smallest absolute Gasteiger partial charge is 0.253 e. The maximum Gasteiger partial charge on any atom is 0.253 e. The van der Waals surface area contributed by atoms with Gasteiger partial charge in [0.15, 0.2) is 11.6 Å². The highest BCUT2D eigenvalue weighted by atomic mass is 16.5. The quantitative estimate of drug-likeness (QED) is 0.231. The van der Waals surface area contributed by atoms with E-state index in [1.54, 1.807) is 40.3 Å². The zero-order valence-corrected chi connectivity index (χ0v) is 23.5. The molecule has 1 aromatic heterocycles. The SMILES string of the molecule is COc1ccnc(C(=O)CC(=O)C(Nc2cc(C(=O)N(C)C)cc(C(=O)N(C)C)c2)c2ccc3ccccc3c2)n1. The first kappa shape index (κ1) is 28.9. The molecule has 0 saturated heterocycles. The fraction of sp³-hybridized carbons (Fsp3) is 0.226. The van der Waals surface area contributed by atoms with Crippen LogP contribution in [0.1, 0.15) is 49.4 Å². The topological polar surface area (TPSA) is 122 Å². The van der Waals surface area contributed by atoms with E-state index >= 15 is 0 Å². The average molecular weight is 554 g/mol. The molecule has 1 unspecified atom stereocenters. The van der Waals surface area contributed by atoms with Gasteiger partial charge in [-0.15, -0.1) is 0 Å². The Hall–Kier alpha value is -5.12. The lowest BCUT2D eigenvalue weighted by atomic mass is 9.95. The molecule has 1 N–H and O–H groups in total. The van der Waals surface area contributed by atoms with Crippen molar-refractivity contribution in [3.63, 3.8) is 0 Å². The number of fused-ring (bicyclic) bond motifs is 1. The van der Waals surface area contributed by atoms with Gasteiger partial charge in [0.2, 0.25) is 11.7 Å². The Morgan fingerprint density at radius 1 is 0.829 bits per heavy atom. The number of methoxy groups -OCH3 is 1. The number of amides is 2. The molecule has 0 fully saturated rings. The normalized spacial score (nSPS) is 11.4. The number of anilines is 1. The fourth-order valence-electron chi connectivity index (χ4n) is 4.31. The zero-order chi connectivity index (χ0) is 29.7. The molecule has 0 aliphatic carbocycles. The van der Waals surface area contributed by atoms with E-state index in [2.05, 4.69) is 15.3 Å². The molecule has 210 valence electrons. The van der Waals surface area contributed by atoms with E-state index in [1.807, 2.05) is 42.5 Å². The van der Waals surface area contributed by atoms with E-state index in [0.29, 0.717) is 11.3 Å². The van der Waals surface area contributed by atoms with Gasteiger partial charge in [0.1, 0.15) is 6.04 Å². The minimum absolute atomic E-state index is 0.132. The van der Waals surface area contributed by atoms with Crippen molar-refractivity contribution < 1.29 is 23.9 Å². The molecule has 41 heavy (non-hydrogen) atoms. The molecule has 0 aliphatic rings. The number of nitrogens with one attached hydrogen (secondary N) is 1. The van der Waals surface area contributed by atoms with Gasteiger partial charge in [-0.25, -0.2) is 4.98 Å². The highest BCUT2D eigenvalue weighted by molar-refractivity contribution is 6.09. The molecule has 1 atom stereocenters. The molecule has 3 aromatic carbocycles. The van der Waals surface area contributed by atoms with E-state index in [1.165, 1.54) is 35.2 Å². The van der Waals surface area contributed by atoms with Crippen molar-refractivity contribution in [3.05, 3.63) is 95.4 Å². The van der Waals surface area contributed by atoms with Gasteiger partial charge in [-0.3, -0.25) is 19.2 Å². The number of carbonyl (C=O) groups excluding carboxylic acids is 4. The van der Waals surface area contributed by atoms with Crippen LogP contribution in [0.4, 0.5) is 5.69 Å². The number of Topliss-reactive ketones (excluding diaryl/α,β-unsaturated/α-hetero) is 2. The van der Waals surface area contributed by atoms with Gasteiger partial charge in [0.25, 0.3) is 11.8 Å². The van der Waals surface area contributed by atoms with Crippen molar-refractivity contribution in [2.24, 2.45) is 0 Å². The summed E-state index contributed by atoms with van der Waals surface area (Å²) in [4.78, 5) is 63.4. The maximum absolute atomic E-state index is 13.8. The van der Waals surface area contributed by atoms with E-state index < -0.39 is 24.0 Å².